The topological polar surface area (TPSA) is 63.1 Å². The molecule has 0 spiro atoms. The van der Waals surface area contributed by atoms with Crippen LogP contribution in [-0.2, 0) is 4.79 Å². The number of amides is 1. The molecular formula is C13H13F2N3O2S. The maximum Gasteiger partial charge on any atom is 0.236 e. The third-order valence-corrected chi connectivity index (χ3v) is 3.53. The highest BCUT2D eigenvalue weighted by Crippen LogP contribution is 2.25. The van der Waals surface area contributed by atoms with Gasteiger partial charge in [0.05, 0.1) is 18.6 Å². The molecular weight excluding hydrogens is 300 g/mol. The Bertz CT molecular complexity index is 632. The van der Waals surface area contributed by atoms with E-state index in [-0.39, 0.29) is 28.5 Å². The van der Waals surface area contributed by atoms with Gasteiger partial charge in [-0.25, -0.2) is 8.78 Å². The Morgan fingerprint density at radius 2 is 2.24 bits per heavy atom. The molecule has 0 atom stereocenters. The lowest BCUT2D eigenvalue weighted by Crippen LogP contribution is -2.19. The molecule has 8 heteroatoms. The van der Waals surface area contributed by atoms with Crippen LogP contribution in [0.5, 0.6) is 5.75 Å². The lowest BCUT2D eigenvalue weighted by Gasteiger charge is -2.09. The van der Waals surface area contributed by atoms with E-state index < -0.39 is 11.6 Å². The van der Waals surface area contributed by atoms with Crippen LogP contribution in [0.4, 0.5) is 8.78 Å². The van der Waals surface area contributed by atoms with Crippen LogP contribution in [0.25, 0.3) is 0 Å². The zero-order valence-corrected chi connectivity index (χ0v) is 12.3. The van der Waals surface area contributed by atoms with Gasteiger partial charge in [0, 0.05) is 11.1 Å². The molecule has 0 unspecified atom stereocenters. The molecule has 2 rings (SSSR count). The van der Waals surface area contributed by atoms with Gasteiger partial charge in [-0.15, -0.1) is 5.10 Å². The normalized spacial score (nSPS) is 16.8. The lowest BCUT2D eigenvalue weighted by atomic mass is 10.1. The summed E-state index contributed by atoms with van der Waals surface area (Å²) in [5.41, 5.74) is 0.0386. The maximum absolute atomic E-state index is 13.8. The quantitative estimate of drug-likeness (QED) is 0.685. The second kappa shape index (κ2) is 6.66. The number of ether oxygens (including phenoxy) is 1. The second-order valence-electron chi connectivity index (χ2n) is 4.14. The van der Waals surface area contributed by atoms with E-state index in [1.165, 1.54) is 24.8 Å². The molecule has 1 aliphatic heterocycles. The molecule has 1 N–H and O–H groups in total. The monoisotopic (exact) mass is 313 g/mol. The van der Waals surface area contributed by atoms with Crippen LogP contribution in [0.2, 0.25) is 0 Å². The summed E-state index contributed by atoms with van der Waals surface area (Å²) in [5, 5.41) is 10.2. The zero-order valence-electron chi connectivity index (χ0n) is 11.4. The van der Waals surface area contributed by atoms with Gasteiger partial charge in [0.15, 0.2) is 16.8 Å². The molecule has 1 aromatic carbocycles. The molecule has 0 saturated carbocycles. The summed E-state index contributed by atoms with van der Waals surface area (Å²) in [4.78, 5) is 10.9. The number of carbonyl (C=O) groups is 1. The van der Waals surface area contributed by atoms with Crippen molar-refractivity contribution in [2.75, 3.05) is 12.4 Å². The number of hydrogen-bond donors (Lipinski definition) is 1. The minimum Gasteiger partial charge on any atom is -0.493 e. The van der Waals surface area contributed by atoms with Crippen molar-refractivity contribution in [2.24, 2.45) is 10.2 Å². The van der Waals surface area contributed by atoms with Crippen LogP contribution in [0.1, 0.15) is 18.1 Å². The minimum atomic E-state index is -1.01. The number of rotatable bonds is 4. The number of benzene rings is 1. The predicted molar refractivity (Wildman–Crippen MR) is 77.9 cm³/mol. The SMILES string of the molecule is CCOc1cc(C=NN=C2NC(=O)CS2)c(F)c(F)c1C. The largest absolute Gasteiger partial charge is 0.493 e. The summed E-state index contributed by atoms with van der Waals surface area (Å²) in [6.07, 6.45) is 1.08. The average molecular weight is 313 g/mol. The fraction of sp³-hybridized carbons (Fsp3) is 0.308. The molecule has 1 heterocycles. The smallest absolute Gasteiger partial charge is 0.236 e. The van der Waals surface area contributed by atoms with Gasteiger partial charge in [-0.2, -0.15) is 5.10 Å². The third kappa shape index (κ3) is 3.57. The Morgan fingerprint density at radius 3 is 2.86 bits per heavy atom. The summed E-state index contributed by atoms with van der Waals surface area (Å²) >= 11 is 1.19. The molecule has 0 aliphatic carbocycles. The van der Waals surface area contributed by atoms with Crippen LogP contribution in [0, 0.1) is 18.6 Å². The Hall–Kier alpha value is -1.96. The molecule has 21 heavy (non-hydrogen) atoms. The molecule has 1 aromatic rings. The van der Waals surface area contributed by atoms with Crippen molar-refractivity contribution in [1.29, 1.82) is 0 Å². The van der Waals surface area contributed by atoms with E-state index in [1.54, 1.807) is 6.92 Å². The van der Waals surface area contributed by atoms with Crippen molar-refractivity contribution in [1.82, 2.24) is 5.32 Å². The summed E-state index contributed by atoms with van der Waals surface area (Å²) in [6, 6.07) is 1.36. The third-order valence-electron chi connectivity index (χ3n) is 2.66. The number of nitrogens with one attached hydrogen (secondary N) is 1. The van der Waals surface area contributed by atoms with Gasteiger partial charge in [-0.3, -0.25) is 4.79 Å². The number of hydrogen-bond acceptors (Lipinski definition) is 5. The minimum absolute atomic E-state index is 0.0692. The van der Waals surface area contributed by atoms with Gasteiger partial charge in [-0.1, -0.05) is 11.8 Å². The van der Waals surface area contributed by atoms with Gasteiger partial charge in [0.25, 0.3) is 0 Å². The molecule has 1 fully saturated rings. The van der Waals surface area contributed by atoms with Crippen LogP contribution >= 0.6 is 11.8 Å². The van der Waals surface area contributed by atoms with E-state index in [2.05, 4.69) is 15.5 Å². The van der Waals surface area contributed by atoms with E-state index in [1.807, 2.05) is 0 Å². The number of halogens is 2. The Kier molecular flexibility index (Phi) is 4.89. The fourth-order valence-electron chi connectivity index (χ4n) is 1.63. The van der Waals surface area contributed by atoms with Gasteiger partial charge < -0.3 is 10.1 Å². The molecule has 1 amide bonds. The van der Waals surface area contributed by atoms with E-state index in [0.29, 0.717) is 11.8 Å². The first-order valence-corrected chi connectivity index (χ1v) is 7.16. The standard InChI is InChI=1S/C13H13F2N3O2S/c1-3-20-9-4-8(12(15)11(14)7(9)2)5-16-18-13-17-10(19)6-21-13/h4-5H,3,6H2,1-2H3,(H,17,18,19). The van der Waals surface area contributed by atoms with Gasteiger partial charge in [-0.05, 0) is 19.9 Å². The summed E-state index contributed by atoms with van der Waals surface area (Å²) in [5.74, 6) is -1.62. The molecule has 112 valence electrons. The van der Waals surface area contributed by atoms with Gasteiger partial charge >= 0.3 is 0 Å². The molecule has 5 nitrogen and oxygen atoms in total. The summed E-state index contributed by atoms with van der Waals surface area (Å²) in [7, 11) is 0. The Morgan fingerprint density at radius 1 is 1.48 bits per heavy atom. The van der Waals surface area contributed by atoms with Crippen molar-refractivity contribution in [3.05, 3.63) is 28.8 Å². The number of nitrogens with zero attached hydrogens (tertiary/aromatic N) is 2. The van der Waals surface area contributed by atoms with E-state index in [0.717, 1.165) is 6.21 Å². The van der Waals surface area contributed by atoms with Gasteiger partial charge in [0.1, 0.15) is 5.75 Å². The number of carbonyl (C=O) groups excluding carboxylic acids is 1. The summed E-state index contributed by atoms with van der Waals surface area (Å²) in [6.45, 7) is 3.53. The van der Waals surface area contributed by atoms with Crippen molar-refractivity contribution in [3.63, 3.8) is 0 Å². The average Bonchev–Trinajstić information content (AvgIpc) is 2.87. The molecule has 1 aliphatic rings. The second-order valence-corrected chi connectivity index (χ2v) is 5.10. The molecule has 0 bridgehead atoms. The van der Waals surface area contributed by atoms with Crippen molar-refractivity contribution >= 4 is 29.1 Å². The first kappa shape index (κ1) is 15.4. The van der Waals surface area contributed by atoms with Crippen LogP contribution in [0.3, 0.4) is 0 Å². The molecule has 1 saturated heterocycles. The summed E-state index contributed by atoms with van der Waals surface area (Å²) < 4.78 is 32.8. The Balaban J connectivity index is 2.25. The van der Waals surface area contributed by atoms with Crippen LogP contribution in [-0.4, -0.2) is 29.6 Å². The first-order valence-electron chi connectivity index (χ1n) is 6.18. The van der Waals surface area contributed by atoms with Crippen LogP contribution < -0.4 is 10.1 Å². The van der Waals surface area contributed by atoms with Crippen LogP contribution in [0.15, 0.2) is 16.3 Å². The predicted octanol–water partition coefficient (Wildman–Crippen LogP) is 2.22. The number of amidine groups is 1. The molecule has 0 radical (unpaired) electrons. The first-order chi connectivity index (χ1) is 10.0. The highest BCUT2D eigenvalue weighted by Gasteiger charge is 2.17. The molecule has 0 aromatic heterocycles. The fourth-order valence-corrected chi connectivity index (χ4v) is 2.27. The van der Waals surface area contributed by atoms with Crippen molar-refractivity contribution in [2.45, 2.75) is 13.8 Å². The van der Waals surface area contributed by atoms with Crippen molar-refractivity contribution in [3.8, 4) is 5.75 Å². The van der Waals surface area contributed by atoms with Gasteiger partial charge in [0.2, 0.25) is 5.91 Å². The van der Waals surface area contributed by atoms with Crippen molar-refractivity contribution < 1.29 is 18.3 Å². The Labute approximate surface area is 124 Å². The lowest BCUT2D eigenvalue weighted by molar-refractivity contribution is -0.116. The highest BCUT2D eigenvalue weighted by atomic mass is 32.2. The number of thioether (sulfide) groups is 1. The van der Waals surface area contributed by atoms with E-state index in [4.69, 9.17) is 4.74 Å². The van der Waals surface area contributed by atoms with E-state index >= 15 is 0 Å². The van der Waals surface area contributed by atoms with E-state index in [9.17, 15) is 13.6 Å². The maximum atomic E-state index is 13.8. The highest BCUT2D eigenvalue weighted by molar-refractivity contribution is 8.15. The zero-order chi connectivity index (χ0) is 15.4.